The maximum absolute atomic E-state index is 12.5. The Morgan fingerprint density at radius 2 is 2.03 bits per heavy atom. The Balaban J connectivity index is 1.25. The van der Waals surface area contributed by atoms with Gasteiger partial charge in [0.05, 0.1) is 26.4 Å². The van der Waals surface area contributed by atoms with Crippen LogP contribution in [0, 0.1) is 5.92 Å². The molecule has 2 unspecified atom stereocenters. The van der Waals surface area contributed by atoms with Crippen molar-refractivity contribution in [2.75, 3.05) is 44.9 Å². The van der Waals surface area contributed by atoms with Crippen LogP contribution in [-0.2, 0) is 0 Å². The van der Waals surface area contributed by atoms with E-state index in [2.05, 4.69) is 27.7 Å². The Morgan fingerprint density at radius 1 is 1.19 bits per heavy atom. The van der Waals surface area contributed by atoms with Crippen LogP contribution in [0.15, 0.2) is 42.5 Å². The van der Waals surface area contributed by atoms with Crippen molar-refractivity contribution < 1.29 is 19.0 Å². The smallest absolute Gasteiger partial charge is 0.315 e. The van der Waals surface area contributed by atoms with Crippen LogP contribution >= 0.6 is 0 Å². The van der Waals surface area contributed by atoms with Crippen LogP contribution in [0.3, 0.4) is 0 Å². The van der Waals surface area contributed by atoms with Gasteiger partial charge in [0.25, 0.3) is 0 Å². The van der Waals surface area contributed by atoms with E-state index in [4.69, 9.17) is 14.2 Å². The summed E-state index contributed by atoms with van der Waals surface area (Å²) in [5.74, 6) is 2.79. The van der Waals surface area contributed by atoms with Gasteiger partial charge in [-0.15, -0.1) is 0 Å². The molecule has 2 aliphatic rings. The molecule has 2 amide bonds. The van der Waals surface area contributed by atoms with E-state index in [1.165, 1.54) is 0 Å². The first-order chi connectivity index (χ1) is 15.1. The van der Waals surface area contributed by atoms with Gasteiger partial charge in [-0.25, -0.2) is 4.79 Å². The second-order valence-electron chi connectivity index (χ2n) is 8.13. The van der Waals surface area contributed by atoms with Crippen LogP contribution in [0.5, 0.6) is 17.2 Å². The maximum atomic E-state index is 12.5. The van der Waals surface area contributed by atoms with E-state index in [1.54, 1.807) is 7.11 Å². The summed E-state index contributed by atoms with van der Waals surface area (Å²) in [4.78, 5) is 14.8. The van der Waals surface area contributed by atoms with E-state index in [1.807, 2.05) is 37.3 Å². The molecule has 31 heavy (non-hydrogen) atoms. The van der Waals surface area contributed by atoms with Crippen molar-refractivity contribution in [1.29, 1.82) is 0 Å². The summed E-state index contributed by atoms with van der Waals surface area (Å²) in [7, 11) is 1.68. The summed E-state index contributed by atoms with van der Waals surface area (Å²) in [6, 6.07) is 13.7. The number of nitrogens with zero attached hydrogens (tertiary/aromatic N) is 1. The number of amides is 2. The number of anilines is 1. The molecule has 2 atom stereocenters. The number of benzene rings is 2. The Hall–Kier alpha value is -3.09. The highest BCUT2D eigenvalue weighted by Gasteiger charge is 2.24. The van der Waals surface area contributed by atoms with Crippen LogP contribution in [-0.4, -0.2) is 46.0 Å². The zero-order valence-corrected chi connectivity index (χ0v) is 18.2. The van der Waals surface area contributed by atoms with Crippen LogP contribution in [0.25, 0.3) is 0 Å². The minimum absolute atomic E-state index is 0.131. The standard InChI is InChI=1S/C24H31N3O4/c1-17(19-7-8-22-23(13-19)31-12-4-11-30-22)26-24(28)25-15-18-9-10-27(16-18)20-5-3-6-21(14-20)29-2/h3,5-8,13-14,17-18H,4,9-12,15-16H2,1-2H3,(H2,25,26,28). The Labute approximate surface area is 183 Å². The Morgan fingerprint density at radius 3 is 2.87 bits per heavy atom. The number of hydrogen-bond donors (Lipinski definition) is 2. The van der Waals surface area contributed by atoms with Gasteiger partial charge < -0.3 is 29.7 Å². The number of rotatable bonds is 6. The molecule has 4 rings (SSSR count). The number of methoxy groups -OCH3 is 1. The first kappa shape index (κ1) is 21.2. The van der Waals surface area contributed by atoms with Crippen molar-refractivity contribution in [3.63, 3.8) is 0 Å². The fourth-order valence-corrected chi connectivity index (χ4v) is 4.06. The third-order valence-electron chi connectivity index (χ3n) is 5.87. The zero-order chi connectivity index (χ0) is 21.6. The Kier molecular flexibility index (Phi) is 6.70. The average molecular weight is 426 g/mol. The van der Waals surface area contributed by atoms with Gasteiger partial charge in [0.2, 0.25) is 0 Å². The Bertz CT molecular complexity index is 904. The highest BCUT2D eigenvalue weighted by Crippen LogP contribution is 2.32. The van der Waals surface area contributed by atoms with Crippen molar-refractivity contribution in [2.45, 2.75) is 25.8 Å². The van der Waals surface area contributed by atoms with Crippen LogP contribution in [0.1, 0.15) is 31.4 Å². The molecule has 0 saturated carbocycles. The van der Waals surface area contributed by atoms with Gasteiger partial charge in [-0.1, -0.05) is 12.1 Å². The predicted molar refractivity (Wildman–Crippen MR) is 120 cm³/mol. The van der Waals surface area contributed by atoms with E-state index in [0.29, 0.717) is 25.7 Å². The van der Waals surface area contributed by atoms with E-state index in [-0.39, 0.29) is 12.1 Å². The topological polar surface area (TPSA) is 72.1 Å². The maximum Gasteiger partial charge on any atom is 0.315 e. The minimum Gasteiger partial charge on any atom is -0.497 e. The molecule has 7 nitrogen and oxygen atoms in total. The molecule has 166 valence electrons. The zero-order valence-electron chi connectivity index (χ0n) is 18.2. The SMILES string of the molecule is COc1cccc(N2CCC(CNC(=O)NC(C)c3ccc4c(c3)OCCCO4)C2)c1. The molecule has 7 heteroatoms. The van der Waals surface area contributed by atoms with Crippen LogP contribution in [0.2, 0.25) is 0 Å². The molecule has 2 aromatic rings. The van der Waals surface area contributed by atoms with Gasteiger partial charge in [-0.3, -0.25) is 0 Å². The largest absolute Gasteiger partial charge is 0.497 e. The second kappa shape index (κ2) is 9.81. The van der Waals surface area contributed by atoms with Gasteiger partial charge in [-0.05, 0) is 49.1 Å². The molecule has 0 aliphatic carbocycles. The number of hydrogen-bond acceptors (Lipinski definition) is 5. The van der Waals surface area contributed by atoms with Gasteiger partial charge >= 0.3 is 6.03 Å². The number of urea groups is 1. The number of ether oxygens (including phenoxy) is 3. The van der Waals surface area contributed by atoms with Gasteiger partial charge in [0, 0.05) is 37.8 Å². The molecule has 0 aromatic heterocycles. The lowest BCUT2D eigenvalue weighted by Crippen LogP contribution is -2.40. The summed E-state index contributed by atoms with van der Waals surface area (Å²) in [6.07, 6.45) is 1.92. The molecular weight excluding hydrogens is 394 g/mol. The average Bonchev–Trinajstić information content (AvgIpc) is 3.15. The molecule has 0 bridgehead atoms. The molecular formula is C24H31N3O4. The van der Waals surface area contributed by atoms with Gasteiger partial charge in [0.15, 0.2) is 11.5 Å². The summed E-state index contributed by atoms with van der Waals surface area (Å²) < 4.78 is 16.8. The summed E-state index contributed by atoms with van der Waals surface area (Å²) in [6.45, 7) is 5.84. The molecule has 1 fully saturated rings. The normalized spacial score (nSPS) is 18.8. The van der Waals surface area contributed by atoms with E-state index in [0.717, 1.165) is 54.4 Å². The second-order valence-corrected chi connectivity index (χ2v) is 8.13. The number of carbonyl (C=O) groups is 1. The van der Waals surface area contributed by atoms with Crippen molar-refractivity contribution in [3.05, 3.63) is 48.0 Å². The highest BCUT2D eigenvalue weighted by atomic mass is 16.5. The summed E-state index contributed by atoms with van der Waals surface area (Å²) in [5, 5.41) is 6.06. The van der Waals surface area contributed by atoms with Crippen LogP contribution in [0.4, 0.5) is 10.5 Å². The lowest BCUT2D eigenvalue weighted by molar-refractivity contribution is 0.236. The number of carbonyl (C=O) groups excluding carboxylic acids is 1. The van der Waals surface area contributed by atoms with E-state index < -0.39 is 0 Å². The third-order valence-corrected chi connectivity index (χ3v) is 5.87. The predicted octanol–water partition coefficient (Wildman–Crippen LogP) is 3.74. The minimum atomic E-state index is -0.153. The lowest BCUT2D eigenvalue weighted by Gasteiger charge is -2.20. The summed E-state index contributed by atoms with van der Waals surface area (Å²) >= 11 is 0. The molecule has 0 spiro atoms. The van der Waals surface area contributed by atoms with E-state index >= 15 is 0 Å². The number of nitrogens with one attached hydrogen (secondary N) is 2. The fourth-order valence-electron chi connectivity index (χ4n) is 4.06. The summed E-state index contributed by atoms with van der Waals surface area (Å²) in [5.41, 5.74) is 2.15. The molecule has 0 radical (unpaired) electrons. The quantitative estimate of drug-likeness (QED) is 0.738. The molecule has 2 aromatic carbocycles. The van der Waals surface area contributed by atoms with Crippen molar-refractivity contribution >= 4 is 11.7 Å². The van der Waals surface area contributed by atoms with E-state index in [9.17, 15) is 4.79 Å². The van der Waals surface area contributed by atoms with Crippen molar-refractivity contribution in [3.8, 4) is 17.2 Å². The first-order valence-corrected chi connectivity index (χ1v) is 11.0. The van der Waals surface area contributed by atoms with Crippen molar-refractivity contribution in [2.24, 2.45) is 5.92 Å². The number of fused-ring (bicyclic) bond motifs is 1. The fraction of sp³-hybridized carbons (Fsp3) is 0.458. The monoisotopic (exact) mass is 425 g/mol. The van der Waals surface area contributed by atoms with Gasteiger partial charge in [-0.2, -0.15) is 0 Å². The molecule has 2 heterocycles. The highest BCUT2D eigenvalue weighted by molar-refractivity contribution is 5.74. The molecule has 2 aliphatic heterocycles. The van der Waals surface area contributed by atoms with Crippen LogP contribution < -0.4 is 29.7 Å². The molecule has 1 saturated heterocycles. The first-order valence-electron chi connectivity index (χ1n) is 11.0. The third kappa shape index (κ3) is 5.34. The lowest BCUT2D eigenvalue weighted by atomic mass is 10.1. The van der Waals surface area contributed by atoms with Crippen molar-refractivity contribution in [1.82, 2.24) is 10.6 Å². The molecule has 2 N–H and O–H groups in total. The van der Waals surface area contributed by atoms with Gasteiger partial charge in [0.1, 0.15) is 5.75 Å².